The molecule has 3 heteroatoms. The molecule has 0 spiro atoms. The summed E-state index contributed by atoms with van der Waals surface area (Å²) in [5.41, 5.74) is 9.31. The summed E-state index contributed by atoms with van der Waals surface area (Å²) in [5, 5.41) is 5.13. The molecule has 3 atom stereocenters. The van der Waals surface area contributed by atoms with E-state index >= 15 is 0 Å². The lowest BCUT2D eigenvalue weighted by molar-refractivity contribution is 0.282. The van der Waals surface area contributed by atoms with Crippen molar-refractivity contribution < 1.29 is 4.74 Å². The first-order valence-electron chi connectivity index (χ1n) is 16.5. The Balaban J connectivity index is 1.75. The number of rotatable bonds is 15. The first kappa shape index (κ1) is 34.0. The van der Waals surface area contributed by atoms with E-state index in [1.807, 2.05) is 0 Å². The lowest BCUT2D eigenvalue weighted by Crippen LogP contribution is -2.27. The molecule has 0 saturated heterocycles. The number of benzene rings is 4. The average Bonchev–Trinajstić information content (AvgIpc) is 3.02. The normalized spacial score (nSPS) is 14.1. The van der Waals surface area contributed by atoms with Crippen LogP contribution < -0.4 is 15.4 Å². The van der Waals surface area contributed by atoms with Gasteiger partial charge in [0.2, 0.25) is 0 Å². The second kappa shape index (κ2) is 15.4. The summed E-state index contributed by atoms with van der Waals surface area (Å²) in [7, 11) is 0.621. The van der Waals surface area contributed by atoms with E-state index in [1.165, 1.54) is 50.7 Å². The largest absolute Gasteiger partial charge is 0.488 e. The van der Waals surface area contributed by atoms with Gasteiger partial charge in [0.05, 0.1) is 0 Å². The van der Waals surface area contributed by atoms with Crippen LogP contribution in [0, 0.1) is 19.8 Å². The molecule has 4 rings (SSSR count). The molecule has 3 unspecified atom stereocenters. The smallest absolute Gasteiger partial charge is 0.127 e. The lowest BCUT2D eigenvalue weighted by Gasteiger charge is -2.37. The van der Waals surface area contributed by atoms with Gasteiger partial charge in [0.25, 0.3) is 0 Å². The fraction of sp³-hybridized carbons (Fsp3) is 0.415. The van der Waals surface area contributed by atoms with Crippen LogP contribution in [0.3, 0.4) is 0 Å². The van der Waals surface area contributed by atoms with E-state index in [2.05, 4.69) is 152 Å². The molecule has 1 N–H and O–H groups in total. The van der Waals surface area contributed by atoms with Crippen molar-refractivity contribution in [1.29, 1.82) is 0 Å². The molecule has 0 aliphatic rings. The molecule has 0 bridgehead atoms. The molecule has 44 heavy (non-hydrogen) atoms. The van der Waals surface area contributed by atoms with E-state index in [4.69, 9.17) is 4.74 Å². The first-order chi connectivity index (χ1) is 21.1. The molecule has 2 nitrogen and oxygen atoms in total. The van der Waals surface area contributed by atoms with E-state index in [0.717, 1.165) is 31.7 Å². The number of hydrogen-bond acceptors (Lipinski definition) is 2. The van der Waals surface area contributed by atoms with Crippen LogP contribution in [0.4, 0.5) is 0 Å². The highest BCUT2D eigenvalue weighted by molar-refractivity contribution is 7.48. The number of ether oxygens (including phenoxy) is 1. The van der Waals surface area contributed by atoms with Crippen molar-refractivity contribution in [2.45, 2.75) is 105 Å². The first-order valence-corrected chi connectivity index (χ1v) is 17.5. The standard InChI is InChI=1S/C41H54NOP/c1-9-30(3)26-40(6,7)36-24-31(4)25-37(38(36)43-29-34-21-15-12-16-22-34)41(8,10-2)44-39-32(5)18-17-23-35(39)28-42-27-33-19-13-11-14-20-33/h11-25,30,42,44H,9-10,26-29H2,1-8H3. The SMILES string of the molecule is CCC(C)CC(C)(C)c1cc(C)cc(C(C)(CC)Pc2c(C)cccc2CNCc2ccccc2)c1OCc1ccccc1. The molecule has 4 aromatic carbocycles. The Morgan fingerprint density at radius 2 is 1.41 bits per heavy atom. The Morgan fingerprint density at radius 1 is 0.773 bits per heavy atom. The highest BCUT2D eigenvalue weighted by Crippen LogP contribution is 2.51. The quantitative estimate of drug-likeness (QED) is 0.136. The number of nitrogens with one attached hydrogen (secondary N) is 1. The summed E-state index contributed by atoms with van der Waals surface area (Å²) >= 11 is 0. The van der Waals surface area contributed by atoms with Gasteiger partial charge >= 0.3 is 0 Å². The predicted octanol–water partition coefficient (Wildman–Crippen LogP) is 10.5. The molecule has 0 fully saturated rings. The summed E-state index contributed by atoms with van der Waals surface area (Å²) in [4.78, 5) is 0. The topological polar surface area (TPSA) is 21.3 Å². The summed E-state index contributed by atoms with van der Waals surface area (Å²) in [5.74, 6) is 1.75. The summed E-state index contributed by atoms with van der Waals surface area (Å²) in [6.45, 7) is 21.2. The van der Waals surface area contributed by atoms with Crippen LogP contribution in [0.2, 0.25) is 0 Å². The molecule has 0 aliphatic carbocycles. The van der Waals surface area contributed by atoms with Gasteiger partial charge in [-0.3, -0.25) is 0 Å². The van der Waals surface area contributed by atoms with Crippen LogP contribution in [-0.2, 0) is 30.3 Å². The van der Waals surface area contributed by atoms with Crippen molar-refractivity contribution in [2.24, 2.45) is 5.92 Å². The second-order valence-electron chi connectivity index (χ2n) is 13.6. The van der Waals surface area contributed by atoms with Gasteiger partial charge in [-0.2, -0.15) is 0 Å². The molecule has 0 heterocycles. The Bertz CT molecular complexity index is 1480. The molecule has 0 aromatic heterocycles. The van der Waals surface area contributed by atoms with Crippen LogP contribution in [0.25, 0.3) is 0 Å². The summed E-state index contributed by atoms with van der Waals surface area (Å²) in [6.07, 6.45) is 3.35. The van der Waals surface area contributed by atoms with Gasteiger partial charge in [-0.1, -0.05) is 153 Å². The highest BCUT2D eigenvalue weighted by atomic mass is 31.1. The van der Waals surface area contributed by atoms with Gasteiger partial charge in [-0.15, -0.1) is 0 Å². The third-order valence-corrected chi connectivity index (χ3v) is 11.4. The van der Waals surface area contributed by atoms with Crippen molar-refractivity contribution in [3.05, 3.63) is 130 Å². The van der Waals surface area contributed by atoms with Crippen molar-refractivity contribution in [3.63, 3.8) is 0 Å². The minimum atomic E-state index is -0.0699. The molecular weight excluding hydrogens is 553 g/mol. The number of aryl methyl sites for hydroxylation is 2. The maximum absolute atomic E-state index is 6.96. The van der Waals surface area contributed by atoms with E-state index in [9.17, 15) is 0 Å². The van der Waals surface area contributed by atoms with Crippen molar-refractivity contribution >= 4 is 13.9 Å². The molecule has 4 aromatic rings. The molecule has 0 saturated carbocycles. The van der Waals surface area contributed by atoms with Gasteiger partial charge in [-0.25, -0.2) is 0 Å². The van der Waals surface area contributed by atoms with Gasteiger partial charge in [0.15, 0.2) is 0 Å². The lowest BCUT2D eigenvalue weighted by atomic mass is 9.74. The molecular formula is C41H54NOP. The Morgan fingerprint density at radius 3 is 2.05 bits per heavy atom. The third kappa shape index (κ3) is 8.62. The van der Waals surface area contributed by atoms with Gasteiger partial charge < -0.3 is 10.1 Å². The van der Waals surface area contributed by atoms with Crippen LogP contribution in [0.15, 0.2) is 91.0 Å². The minimum absolute atomic E-state index is 0.00480. The predicted molar refractivity (Wildman–Crippen MR) is 193 cm³/mol. The zero-order valence-corrected chi connectivity index (χ0v) is 29.4. The van der Waals surface area contributed by atoms with E-state index in [0.29, 0.717) is 21.1 Å². The molecule has 234 valence electrons. The Hall–Kier alpha value is -2.93. The summed E-state index contributed by atoms with van der Waals surface area (Å²) in [6, 6.07) is 32.9. The van der Waals surface area contributed by atoms with E-state index in [1.54, 1.807) is 0 Å². The molecule has 0 amide bonds. The van der Waals surface area contributed by atoms with E-state index < -0.39 is 0 Å². The molecule has 0 radical (unpaired) electrons. The number of hydrogen-bond donors (Lipinski definition) is 1. The van der Waals surface area contributed by atoms with Crippen LogP contribution in [0.5, 0.6) is 5.75 Å². The van der Waals surface area contributed by atoms with Gasteiger partial charge in [0.1, 0.15) is 12.4 Å². The summed E-state index contributed by atoms with van der Waals surface area (Å²) < 4.78 is 6.96. The zero-order chi connectivity index (χ0) is 31.7. The fourth-order valence-corrected chi connectivity index (χ4v) is 7.97. The van der Waals surface area contributed by atoms with Gasteiger partial charge in [-0.05, 0) is 65.6 Å². The fourth-order valence-electron chi connectivity index (χ4n) is 6.31. The second-order valence-corrected chi connectivity index (χ2v) is 15.4. The highest BCUT2D eigenvalue weighted by Gasteiger charge is 2.35. The molecule has 0 aliphatic heterocycles. The van der Waals surface area contributed by atoms with Crippen LogP contribution in [-0.4, -0.2) is 0 Å². The zero-order valence-electron chi connectivity index (χ0n) is 28.4. The third-order valence-electron chi connectivity index (χ3n) is 9.29. The average molecular weight is 608 g/mol. The maximum atomic E-state index is 6.96. The van der Waals surface area contributed by atoms with Crippen molar-refractivity contribution in [3.8, 4) is 5.75 Å². The van der Waals surface area contributed by atoms with Crippen molar-refractivity contribution in [2.75, 3.05) is 0 Å². The van der Waals surface area contributed by atoms with Crippen molar-refractivity contribution in [1.82, 2.24) is 5.32 Å². The van der Waals surface area contributed by atoms with Crippen LogP contribution >= 0.6 is 8.58 Å². The Labute approximate surface area is 269 Å². The monoisotopic (exact) mass is 607 g/mol. The van der Waals surface area contributed by atoms with E-state index in [-0.39, 0.29) is 10.6 Å². The Kier molecular flexibility index (Phi) is 11.9. The maximum Gasteiger partial charge on any atom is 0.127 e. The van der Waals surface area contributed by atoms with Gasteiger partial charge in [0, 0.05) is 29.4 Å². The van der Waals surface area contributed by atoms with Crippen LogP contribution in [0.1, 0.15) is 99.7 Å². The minimum Gasteiger partial charge on any atom is -0.488 e.